The van der Waals surface area contributed by atoms with E-state index in [0.29, 0.717) is 18.1 Å². The number of carbonyl (C=O) groups excluding carboxylic acids is 2. The lowest BCUT2D eigenvalue weighted by atomic mass is 10.1. The van der Waals surface area contributed by atoms with E-state index in [-0.39, 0.29) is 36.5 Å². The van der Waals surface area contributed by atoms with Gasteiger partial charge in [0.15, 0.2) is 5.82 Å². The highest BCUT2D eigenvalue weighted by Crippen LogP contribution is 2.30. The van der Waals surface area contributed by atoms with Crippen molar-refractivity contribution in [1.82, 2.24) is 10.1 Å². The maximum absolute atomic E-state index is 13.3. The van der Waals surface area contributed by atoms with Crippen LogP contribution in [0.25, 0.3) is 0 Å². The van der Waals surface area contributed by atoms with Crippen LogP contribution in [0.2, 0.25) is 0 Å². The van der Waals surface area contributed by atoms with Crippen LogP contribution < -0.4 is 14.8 Å². The van der Waals surface area contributed by atoms with Gasteiger partial charge in [-0.1, -0.05) is 11.2 Å². The Kier molecular flexibility index (Phi) is 6.49. The lowest BCUT2D eigenvalue weighted by molar-refractivity contribution is -0.117. The van der Waals surface area contributed by atoms with Crippen LogP contribution in [0.1, 0.15) is 23.2 Å². The maximum Gasteiger partial charge on any atom is 0.261 e. The molecule has 0 aliphatic carbocycles. The number of hydrogen-bond acceptors (Lipinski definition) is 7. The molecule has 3 rings (SSSR count). The van der Waals surface area contributed by atoms with Gasteiger partial charge in [-0.15, -0.1) is 0 Å². The van der Waals surface area contributed by atoms with Crippen LogP contribution in [-0.4, -0.2) is 61.9 Å². The Morgan fingerprint density at radius 3 is 2.57 bits per heavy atom. The predicted octanol–water partition coefficient (Wildman–Crippen LogP) is 1.95. The summed E-state index contributed by atoms with van der Waals surface area (Å²) in [6, 6.07) is 6.61. The third-order valence-corrected chi connectivity index (χ3v) is 4.42. The van der Waals surface area contributed by atoms with Gasteiger partial charge in [0, 0.05) is 19.2 Å². The quantitative estimate of drug-likeness (QED) is 0.736. The van der Waals surface area contributed by atoms with Gasteiger partial charge in [-0.05, 0) is 25.0 Å². The van der Waals surface area contributed by atoms with Gasteiger partial charge in [0.25, 0.3) is 5.91 Å². The average molecular weight is 389 g/mol. The number of ether oxygens (including phenoxy) is 3. The SMILES string of the molecule is COc1cccc(OC)c1C(=O)N(CC(=O)Nc1ccon1)CC1CCCO1. The molecule has 1 saturated heterocycles. The lowest BCUT2D eigenvalue weighted by Crippen LogP contribution is -2.42. The maximum atomic E-state index is 13.3. The molecule has 0 bridgehead atoms. The summed E-state index contributed by atoms with van der Waals surface area (Å²) in [7, 11) is 2.96. The van der Waals surface area contributed by atoms with Crippen molar-refractivity contribution in [3.05, 3.63) is 36.1 Å². The van der Waals surface area contributed by atoms with E-state index in [0.717, 1.165) is 12.8 Å². The fourth-order valence-electron chi connectivity index (χ4n) is 3.11. The second kappa shape index (κ2) is 9.23. The van der Waals surface area contributed by atoms with Crippen molar-refractivity contribution < 1.29 is 28.3 Å². The molecule has 0 saturated carbocycles. The zero-order valence-corrected chi connectivity index (χ0v) is 15.8. The number of nitrogens with zero attached hydrogens (tertiary/aromatic N) is 2. The number of hydrogen-bond donors (Lipinski definition) is 1. The predicted molar refractivity (Wildman–Crippen MR) is 99.6 cm³/mol. The van der Waals surface area contributed by atoms with Crippen molar-refractivity contribution in [3.63, 3.8) is 0 Å². The molecule has 1 aromatic carbocycles. The highest BCUT2D eigenvalue weighted by molar-refractivity contribution is 6.02. The molecule has 28 heavy (non-hydrogen) atoms. The van der Waals surface area contributed by atoms with E-state index in [9.17, 15) is 9.59 Å². The first kappa shape index (κ1) is 19.7. The van der Waals surface area contributed by atoms with Gasteiger partial charge in [0.2, 0.25) is 5.91 Å². The Morgan fingerprint density at radius 1 is 1.25 bits per heavy atom. The van der Waals surface area contributed by atoms with Gasteiger partial charge in [-0.25, -0.2) is 0 Å². The van der Waals surface area contributed by atoms with Gasteiger partial charge < -0.3 is 29.0 Å². The third-order valence-electron chi connectivity index (χ3n) is 4.42. The van der Waals surface area contributed by atoms with Crippen molar-refractivity contribution in [1.29, 1.82) is 0 Å². The van der Waals surface area contributed by atoms with Crippen molar-refractivity contribution in [3.8, 4) is 11.5 Å². The van der Waals surface area contributed by atoms with E-state index in [1.807, 2.05) is 0 Å². The Morgan fingerprint density at radius 2 is 2.00 bits per heavy atom. The van der Waals surface area contributed by atoms with Crippen molar-refractivity contribution in [2.45, 2.75) is 18.9 Å². The fourth-order valence-corrected chi connectivity index (χ4v) is 3.11. The number of anilines is 1. The molecule has 1 N–H and O–H groups in total. The minimum Gasteiger partial charge on any atom is -0.496 e. The number of nitrogens with one attached hydrogen (secondary N) is 1. The van der Waals surface area contributed by atoms with Gasteiger partial charge in [0.1, 0.15) is 29.9 Å². The van der Waals surface area contributed by atoms with Crippen LogP contribution >= 0.6 is 0 Å². The average Bonchev–Trinajstić information content (AvgIpc) is 3.40. The Labute approximate surface area is 162 Å². The first-order valence-corrected chi connectivity index (χ1v) is 8.94. The van der Waals surface area contributed by atoms with E-state index in [1.165, 1.54) is 31.4 Å². The molecule has 1 fully saturated rings. The van der Waals surface area contributed by atoms with Gasteiger partial charge in [-0.2, -0.15) is 0 Å². The van der Waals surface area contributed by atoms with E-state index < -0.39 is 5.91 Å². The van der Waals surface area contributed by atoms with Crippen LogP contribution in [-0.2, 0) is 9.53 Å². The zero-order chi connectivity index (χ0) is 19.9. The van der Waals surface area contributed by atoms with E-state index >= 15 is 0 Å². The Bertz CT molecular complexity index is 780. The Hall–Kier alpha value is -3.07. The van der Waals surface area contributed by atoms with Gasteiger partial charge >= 0.3 is 0 Å². The molecule has 150 valence electrons. The zero-order valence-electron chi connectivity index (χ0n) is 15.8. The molecule has 1 aliphatic rings. The molecule has 2 aromatic rings. The topological polar surface area (TPSA) is 103 Å². The molecular weight excluding hydrogens is 366 g/mol. The molecule has 1 atom stereocenters. The summed E-state index contributed by atoms with van der Waals surface area (Å²) in [4.78, 5) is 27.2. The number of amides is 2. The smallest absolute Gasteiger partial charge is 0.261 e. The molecule has 1 aromatic heterocycles. The van der Waals surface area contributed by atoms with Gasteiger partial charge in [0.05, 0.1) is 20.3 Å². The standard InChI is InChI=1S/C19H23N3O6/c1-25-14-6-3-7-15(26-2)18(14)19(24)22(11-13-5-4-9-27-13)12-17(23)20-16-8-10-28-21-16/h3,6-8,10,13H,4-5,9,11-12H2,1-2H3,(H,20,21,23). The van der Waals surface area contributed by atoms with Gasteiger partial charge in [-0.3, -0.25) is 9.59 Å². The van der Waals surface area contributed by atoms with E-state index in [4.69, 9.17) is 18.7 Å². The van der Waals surface area contributed by atoms with Crippen molar-refractivity contribution in [2.75, 3.05) is 39.2 Å². The largest absolute Gasteiger partial charge is 0.496 e. The van der Waals surface area contributed by atoms with Crippen molar-refractivity contribution in [2.24, 2.45) is 0 Å². The summed E-state index contributed by atoms with van der Waals surface area (Å²) in [5.74, 6) is 0.260. The second-order valence-electron chi connectivity index (χ2n) is 6.29. The summed E-state index contributed by atoms with van der Waals surface area (Å²) < 4.78 is 21.0. The monoisotopic (exact) mass is 389 g/mol. The number of benzene rings is 1. The third kappa shape index (κ3) is 4.61. The molecule has 1 unspecified atom stereocenters. The number of rotatable bonds is 8. The first-order chi connectivity index (χ1) is 13.6. The minimum absolute atomic E-state index is 0.121. The minimum atomic E-state index is -0.394. The molecule has 2 heterocycles. The molecular formula is C19H23N3O6. The number of aromatic nitrogens is 1. The molecule has 0 spiro atoms. The van der Waals surface area contributed by atoms with E-state index in [2.05, 4.69) is 10.5 Å². The number of carbonyl (C=O) groups is 2. The lowest BCUT2D eigenvalue weighted by Gasteiger charge is -2.26. The summed E-state index contributed by atoms with van der Waals surface area (Å²) in [5.41, 5.74) is 0.264. The molecule has 1 aliphatic heterocycles. The summed E-state index contributed by atoms with van der Waals surface area (Å²) in [6.45, 7) is 0.759. The van der Waals surface area contributed by atoms with Crippen LogP contribution in [0.15, 0.2) is 35.1 Å². The van der Waals surface area contributed by atoms with E-state index in [1.54, 1.807) is 18.2 Å². The van der Waals surface area contributed by atoms with Crippen LogP contribution in [0, 0.1) is 0 Å². The molecule has 9 nitrogen and oxygen atoms in total. The molecule has 9 heteroatoms. The van der Waals surface area contributed by atoms with Crippen LogP contribution in [0.5, 0.6) is 11.5 Å². The first-order valence-electron chi connectivity index (χ1n) is 8.94. The normalized spacial score (nSPS) is 15.9. The molecule has 2 amide bonds. The number of methoxy groups -OCH3 is 2. The fraction of sp³-hybridized carbons (Fsp3) is 0.421. The summed E-state index contributed by atoms with van der Waals surface area (Å²) in [6.07, 6.45) is 2.99. The summed E-state index contributed by atoms with van der Waals surface area (Å²) >= 11 is 0. The highest BCUT2D eigenvalue weighted by Gasteiger charge is 2.29. The Balaban J connectivity index is 1.83. The molecule has 0 radical (unpaired) electrons. The summed E-state index contributed by atoms with van der Waals surface area (Å²) in [5, 5.41) is 6.25. The second-order valence-corrected chi connectivity index (χ2v) is 6.29. The van der Waals surface area contributed by atoms with Crippen LogP contribution in [0.3, 0.4) is 0 Å². The van der Waals surface area contributed by atoms with Crippen molar-refractivity contribution >= 4 is 17.6 Å². The highest BCUT2D eigenvalue weighted by atomic mass is 16.5. The van der Waals surface area contributed by atoms with Crippen LogP contribution in [0.4, 0.5) is 5.82 Å².